The van der Waals surface area contributed by atoms with E-state index < -0.39 is 11.9 Å². The number of benzene rings is 2. The fourth-order valence-corrected chi connectivity index (χ4v) is 3.17. The minimum atomic E-state index is -0.961. The average molecular weight is 357 g/mol. The highest BCUT2D eigenvalue weighted by Gasteiger charge is 2.35. The van der Waals surface area contributed by atoms with E-state index in [0.29, 0.717) is 33.3 Å². The number of hydrogen-bond acceptors (Lipinski definition) is 4. The van der Waals surface area contributed by atoms with E-state index in [1.165, 1.54) is 4.90 Å². The molecule has 0 saturated carbocycles. The van der Waals surface area contributed by atoms with Gasteiger partial charge in [-0.15, -0.1) is 0 Å². The molecule has 2 aromatic carbocycles. The average Bonchev–Trinajstić information content (AvgIpc) is 3.18. The Balaban J connectivity index is 1.71. The van der Waals surface area contributed by atoms with E-state index in [1.807, 2.05) is 18.2 Å². The number of aliphatic carboxylic acids is 1. The van der Waals surface area contributed by atoms with E-state index in [-0.39, 0.29) is 18.9 Å². The molecule has 1 saturated heterocycles. The topological polar surface area (TPSA) is 83.6 Å². The molecule has 1 aromatic heterocycles. The summed E-state index contributed by atoms with van der Waals surface area (Å²) >= 11 is 6.18. The second kappa shape index (κ2) is 5.89. The Bertz CT molecular complexity index is 998. The van der Waals surface area contributed by atoms with Gasteiger partial charge in [-0.25, -0.2) is 4.98 Å². The number of carbonyl (C=O) groups is 2. The molecule has 7 heteroatoms. The van der Waals surface area contributed by atoms with Crippen LogP contribution in [0, 0.1) is 5.92 Å². The minimum absolute atomic E-state index is 0.00858. The largest absolute Gasteiger partial charge is 0.481 e. The molecule has 0 unspecified atom stereocenters. The first-order valence-electron chi connectivity index (χ1n) is 7.71. The molecular weight excluding hydrogens is 344 g/mol. The second-order valence-corrected chi connectivity index (χ2v) is 6.30. The van der Waals surface area contributed by atoms with Crippen LogP contribution >= 0.6 is 11.6 Å². The van der Waals surface area contributed by atoms with Crippen molar-refractivity contribution in [3.8, 4) is 11.5 Å². The Morgan fingerprint density at radius 3 is 2.80 bits per heavy atom. The highest BCUT2D eigenvalue weighted by atomic mass is 35.5. The number of aromatic nitrogens is 1. The van der Waals surface area contributed by atoms with E-state index in [1.54, 1.807) is 24.3 Å². The van der Waals surface area contributed by atoms with E-state index in [0.717, 1.165) is 0 Å². The maximum atomic E-state index is 12.1. The van der Waals surface area contributed by atoms with Gasteiger partial charge in [0.25, 0.3) is 0 Å². The predicted molar refractivity (Wildman–Crippen MR) is 92.6 cm³/mol. The molecular formula is C18H13ClN2O4. The van der Waals surface area contributed by atoms with Gasteiger partial charge in [0, 0.05) is 24.7 Å². The first kappa shape index (κ1) is 15.7. The number of carboxylic acids is 1. The maximum Gasteiger partial charge on any atom is 0.308 e. The maximum absolute atomic E-state index is 12.1. The molecule has 1 atom stereocenters. The molecule has 126 valence electrons. The molecule has 0 aliphatic carbocycles. The molecule has 2 heterocycles. The molecule has 1 N–H and O–H groups in total. The summed E-state index contributed by atoms with van der Waals surface area (Å²) in [6.45, 7) is 0.158. The van der Waals surface area contributed by atoms with Crippen molar-refractivity contribution in [3.63, 3.8) is 0 Å². The third-order valence-corrected chi connectivity index (χ3v) is 4.59. The van der Waals surface area contributed by atoms with Gasteiger partial charge in [0.05, 0.1) is 16.5 Å². The fourth-order valence-electron chi connectivity index (χ4n) is 2.95. The van der Waals surface area contributed by atoms with Gasteiger partial charge < -0.3 is 14.4 Å². The number of hydrogen-bond donors (Lipinski definition) is 1. The van der Waals surface area contributed by atoms with Crippen LogP contribution < -0.4 is 4.90 Å². The smallest absolute Gasteiger partial charge is 0.308 e. The summed E-state index contributed by atoms with van der Waals surface area (Å²) in [5.74, 6) is -1.46. The number of carboxylic acid groups (broad SMARTS) is 1. The van der Waals surface area contributed by atoms with Gasteiger partial charge in [-0.2, -0.15) is 0 Å². The highest BCUT2D eigenvalue weighted by Crippen LogP contribution is 2.32. The SMILES string of the molecule is O=C(O)[C@@H]1CC(=O)N(c2ccc3nc(-c4ccccc4Cl)oc3c2)C1. The molecule has 1 aliphatic heterocycles. The molecule has 4 rings (SSSR count). The van der Waals surface area contributed by atoms with Gasteiger partial charge in [-0.3, -0.25) is 9.59 Å². The van der Waals surface area contributed by atoms with E-state index in [2.05, 4.69) is 4.98 Å². The Kier molecular flexibility index (Phi) is 3.69. The highest BCUT2D eigenvalue weighted by molar-refractivity contribution is 6.33. The first-order chi connectivity index (χ1) is 12.0. The van der Waals surface area contributed by atoms with Crippen molar-refractivity contribution in [2.24, 2.45) is 5.92 Å². The van der Waals surface area contributed by atoms with Gasteiger partial charge in [0.15, 0.2) is 5.58 Å². The third-order valence-electron chi connectivity index (χ3n) is 4.26. The minimum Gasteiger partial charge on any atom is -0.481 e. The van der Waals surface area contributed by atoms with Crippen LogP contribution in [0.2, 0.25) is 5.02 Å². The van der Waals surface area contributed by atoms with Gasteiger partial charge >= 0.3 is 5.97 Å². The van der Waals surface area contributed by atoms with E-state index in [4.69, 9.17) is 21.1 Å². The number of carbonyl (C=O) groups excluding carboxylic acids is 1. The van der Waals surface area contributed by atoms with Crippen molar-refractivity contribution in [2.45, 2.75) is 6.42 Å². The van der Waals surface area contributed by atoms with Crippen molar-refractivity contribution in [1.82, 2.24) is 4.98 Å². The lowest BCUT2D eigenvalue weighted by Gasteiger charge is -2.15. The molecule has 0 bridgehead atoms. The zero-order valence-electron chi connectivity index (χ0n) is 13.0. The lowest BCUT2D eigenvalue weighted by Crippen LogP contribution is -2.25. The summed E-state index contributed by atoms with van der Waals surface area (Å²) in [7, 11) is 0. The summed E-state index contributed by atoms with van der Waals surface area (Å²) < 4.78 is 5.79. The third kappa shape index (κ3) is 2.74. The van der Waals surface area contributed by atoms with Crippen LogP contribution in [0.1, 0.15) is 6.42 Å². The summed E-state index contributed by atoms with van der Waals surface area (Å²) in [5.41, 5.74) is 2.44. The Morgan fingerprint density at radius 2 is 2.08 bits per heavy atom. The molecule has 6 nitrogen and oxygen atoms in total. The van der Waals surface area contributed by atoms with Crippen LogP contribution in [0.4, 0.5) is 5.69 Å². The fraction of sp³-hybridized carbons (Fsp3) is 0.167. The Hall–Kier alpha value is -2.86. The predicted octanol–water partition coefficient (Wildman–Crippen LogP) is 3.59. The van der Waals surface area contributed by atoms with Crippen molar-refractivity contribution < 1.29 is 19.1 Å². The van der Waals surface area contributed by atoms with Crippen molar-refractivity contribution >= 4 is 40.3 Å². The zero-order chi connectivity index (χ0) is 17.6. The summed E-state index contributed by atoms with van der Waals surface area (Å²) in [6, 6.07) is 12.4. The monoisotopic (exact) mass is 356 g/mol. The van der Waals surface area contributed by atoms with Crippen LogP contribution in [0.3, 0.4) is 0 Å². The van der Waals surface area contributed by atoms with Gasteiger partial charge in [0.1, 0.15) is 5.52 Å². The lowest BCUT2D eigenvalue weighted by atomic mass is 10.1. The number of fused-ring (bicyclic) bond motifs is 1. The number of nitrogens with zero attached hydrogens (tertiary/aromatic N) is 2. The Labute approximate surface area is 147 Å². The van der Waals surface area contributed by atoms with Crippen molar-refractivity contribution in [3.05, 3.63) is 47.5 Å². The molecule has 0 radical (unpaired) electrons. The number of rotatable bonds is 3. The number of oxazole rings is 1. The van der Waals surface area contributed by atoms with Gasteiger partial charge in [0.2, 0.25) is 11.8 Å². The van der Waals surface area contributed by atoms with E-state index >= 15 is 0 Å². The summed E-state index contributed by atoms with van der Waals surface area (Å²) in [6.07, 6.45) is 0.00858. The van der Waals surface area contributed by atoms with Crippen LogP contribution in [0.15, 0.2) is 46.9 Å². The van der Waals surface area contributed by atoms with Gasteiger partial charge in [-0.1, -0.05) is 23.7 Å². The standard InChI is InChI=1S/C18H13ClN2O4/c19-13-4-2-1-3-12(13)17-20-14-6-5-11(8-15(14)25-17)21-9-10(18(23)24)7-16(21)22/h1-6,8,10H,7,9H2,(H,23,24)/t10-/m1/s1. The van der Waals surface area contributed by atoms with Crippen LogP contribution in [0.25, 0.3) is 22.6 Å². The van der Waals surface area contributed by atoms with E-state index in [9.17, 15) is 9.59 Å². The molecule has 1 amide bonds. The Morgan fingerprint density at radius 1 is 1.28 bits per heavy atom. The quantitative estimate of drug-likeness (QED) is 0.775. The molecule has 1 aliphatic rings. The normalized spacial score (nSPS) is 17.4. The van der Waals surface area contributed by atoms with Gasteiger partial charge in [-0.05, 0) is 24.3 Å². The molecule has 0 spiro atoms. The number of halogens is 1. The van der Waals surface area contributed by atoms with Crippen molar-refractivity contribution in [2.75, 3.05) is 11.4 Å². The zero-order valence-corrected chi connectivity index (χ0v) is 13.7. The second-order valence-electron chi connectivity index (χ2n) is 5.89. The number of amides is 1. The summed E-state index contributed by atoms with van der Waals surface area (Å²) in [5, 5.41) is 9.64. The van der Waals surface area contributed by atoms with Crippen LogP contribution in [0.5, 0.6) is 0 Å². The first-order valence-corrected chi connectivity index (χ1v) is 8.09. The van der Waals surface area contributed by atoms with Crippen LogP contribution in [-0.2, 0) is 9.59 Å². The molecule has 25 heavy (non-hydrogen) atoms. The molecule has 3 aromatic rings. The van der Waals surface area contributed by atoms with Crippen LogP contribution in [-0.4, -0.2) is 28.5 Å². The van der Waals surface area contributed by atoms with Crippen molar-refractivity contribution in [1.29, 1.82) is 0 Å². The molecule has 1 fully saturated rings. The lowest BCUT2D eigenvalue weighted by molar-refractivity contribution is -0.141. The summed E-state index contributed by atoms with van der Waals surface area (Å²) in [4.78, 5) is 29.1. The number of anilines is 1.